The summed E-state index contributed by atoms with van der Waals surface area (Å²) in [6, 6.07) is 27.0. The Morgan fingerprint density at radius 2 is 1.44 bits per heavy atom. The van der Waals surface area contributed by atoms with Crippen molar-refractivity contribution in [3.63, 3.8) is 0 Å². The fraction of sp³-hybridized carbons (Fsp3) is 0. The highest BCUT2D eigenvalue weighted by molar-refractivity contribution is 14.1. The minimum absolute atomic E-state index is 0.959. The van der Waals surface area contributed by atoms with Crippen LogP contribution in [0.2, 0.25) is 0 Å². The third-order valence-electron chi connectivity index (χ3n) is 4.05. The van der Waals surface area contributed by atoms with E-state index in [-0.39, 0.29) is 0 Å². The van der Waals surface area contributed by atoms with Gasteiger partial charge in [-0.15, -0.1) is 0 Å². The van der Waals surface area contributed by atoms with Crippen molar-refractivity contribution < 1.29 is 0 Å². The second kappa shape index (κ2) is 7.15. The summed E-state index contributed by atoms with van der Waals surface area (Å²) >= 11 is 2.33. The zero-order valence-corrected chi connectivity index (χ0v) is 15.6. The molecule has 0 saturated carbocycles. The Kier molecular flexibility index (Phi) is 4.57. The molecule has 2 aromatic carbocycles. The highest BCUT2D eigenvalue weighted by Crippen LogP contribution is 2.31. The minimum Gasteiger partial charge on any atom is -0.256 e. The summed E-state index contributed by atoms with van der Waals surface area (Å²) in [5.74, 6) is 0. The van der Waals surface area contributed by atoms with Crippen LogP contribution < -0.4 is 0 Å². The molecule has 4 aromatic rings. The standard InChI is InChI=1S/C22H15IN2/c23-19-9-4-8-17(14-19)21-15-18(11-13-24-21)22-20(10-5-12-25-22)16-6-2-1-3-7-16/h1-15H. The van der Waals surface area contributed by atoms with Gasteiger partial charge in [0.05, 0.1) is 11.4 Å². The van der Waals surface area contributed by atoms with Gasteiger partial charge >= 0.3 is 0 Å². The summed E-state index contributed by atoms with van der Waals surface area (Å²) in [6.45, 7) is 0. The van der Waals surface area contributed by atoms with E-state index >= 15 is 0 Å². The zero-order chi connectivity index (χ0) is 17.1. The van der Waals surface area contributed by atoms with E-state index in [0.29, 0.717) is 0 Å². The molecule has 25 heavy (non-hydrogen) atoms. The van der Waals surface area contributed by atoms with Crippen molar-refractivity contribution in [1.29, 1.82) is 0 Å². The maximum atomic E-state index is 4.65. The molecule has 120 valence electrons. The molecule has 2 aromatic heterocycles. The molecule has 0 radical (unpaired) electrons. The number of aromatic nitrogens is 2. The van der Waals surface area contributed by atoms with Crippen molar-refractivity contribution in [1.82, 2.24) is 9.97 Å². The third-order valence-corrected chi connectivity index (χ3v) is 4.72. The number of benzene rings is 2. The van der Waals surface area contributed by atoms with E-state index in [2.05, 4.69) is 93.2 Å². The molecular formula is C22H15IN2. The lowest BCUT2D eigenvalue weighted by Crippen LogP contribution is -1.91. The number of halogens is 1. The van der Waals surface area contributed by atoms with E-state index in [4.69, 9.17) is 0 Å². The smallest absolute Gasteiger partial charge is 0.0781 e. The molecule has 0 amide bonds. The van der Waals surface area contributed by atoms with E-state index in [0.717, 1.165) is 28.1 Å². The van der Waals surface area contributed by atoms with E-state index in [1.54, 1.807) is 0 Å². The Morgan fingerprint density at radius 1 is 0.600 bits per heavy atom. The van der Waals surface area contributed by atoms with Crippen LogP contribution in [0.4, 0.5) is 0 Å². The van der Waals surface area contributed by atoms with Gasteiger partial charge in [0.1, 0.15) is 0 Å². The average molecular weight is 434 g/mol. The summed E-state index contributed by atoms with van der Waals surface area (Å²) in [5, 5.41) is 0. The van der Waals surface area contributed by atoms with Crippen LogP contribution in [-0.2, 0) is 0 Å². The van der Waals surface area contributed by atoms with Crippen molar-refractivity contribution in [2.45, 2.75) is 0 Å². The molecule has 0 aliphatic carbocycles. The molecule has 3 heteroatoms. The Bertz CT molecular complexity index is 1010. The summed E-state index contributed by atoms with van der Waals surface area (Å²) in [4.78, 5) is 9.20. The van der Waals surface area contributed by atoms with Crippen LogP contribution in [0.1, 0.15) is 0 Å². The van der Waals surface area contributed by atoms with Crippen LogP contribution in [0.5, 0.6) is 0 Å². The lowest BCUT2D eigenvalue weighted by molar-refractivity contribution is 1.29. The first-order valence-electron chi connectivity index (χ1n) is 8.04. The topological polar surface area (TPSA) is 25.8 Å². The van der Waals surface area contributed by atoms with E-state index in [9.17, 15) is 0 Å². The molecule has 0 atom stereocenters. The average Bonchev–Trinajstić information content (AvgIpc) is 2.69. The van der Waals surface area contributed by atoms with Gasteiger partial charge in [0.25, 0.3) is 0 Å². The Balaban J connectivity index is 1.83. The van der Waals surface area contributed by atoms with E-state index < -0.39 is 0 Å². The minimum atomic E-state index is 0.959. The highest BCUT2D eigenvalue weighted by Gasteiger charge is 2.10. The lowest BCUT2D eigenvalue weighted by atomic mass is 9.99. The van der Waals surface area contributed by atoms with Gasteiger partial charge < -0.3 is 0 Å². The number of pyridine rings is 2. The summed E-state index contributed by atoms with van der Waals surface area (Å²) in [6.07, 6.45) is 3.70. The first-order valence-corrected chi connectivity index (χ1v) is 9.12. The summed E-state index contributed by atoms with van der Waals surface area (Å²) in [7, 11) is 0. The van der Waals surface area contributed by atoms with Gasteiger partial charge in [-0.05, 0) is 58.5 Å². The lowest BCUT2D eigenvalue weighted by Gasteiger charge is -2.10. The molecule has 4 rings (SSSR count). The second-order valence-electron chi connectivity index (χ2n) is 5.71. The molecule has 0 aliphatic rings. The van der Waals surface area contributed by atoms with Crippen LogP contribution in [-0.4, -0.2) is 9.97 Å². The number of hydrogen-bond acceptors (Lipinski definition) is 2. The third kappa shape index (κ3) is 3.46. The largest absolute Gasteiger partial charge is 0.256 e. The van der Waals surface area contributed by atoms with Gasteiger partial charge in [-0.1, -0.05) is 48.5 Å². The van der Waals surface area contributed by atoms with E-state index in [1.165, 1.54) is 9.13 Å². The summed E-state index contributed by atoms with van der Waals surface area (Å²) in [5.41, 5.74) is 6.42. The monoisotopic (exact) mass is 434 g/mol. The first-order chi connectivity index (χ1) is 12.3. The van der Waals surface area contributed by atoms with Gasteiger partial charge in [0.2, 0.25) is 0 Å². The first kappa shape index (κ1) is 16.0. The van der Waals surface area contributed by atoms with Crippen molar-refractivity contribution in [2.75, 3.05) is 0 Å². The Labute approximate surface area is 160 Å². The zero-order valence-electron chi connectivity index (χ0n) is 13.4. The van der Waals surface area contributed by atoms with E-state index in [1.807, 2.05) is 30.6 Å². The number of nitrogens with zero attached hydrogens (tertiary/aromatic N) is 2. The molecule has 0 unspecified atom stereocenters. The molecule has 0 fully saturated rings. The molecule has 0 saturated heterocycles. The van der Waals surface area contributed by atoms with Crippen molar-refractivity contribution in [3.8, 4) is 33.6 Å². The summed E-state index contributed by atoms with van der Waals surface area (Å²) < 4.78 is 1.20. The second-order valence-corrected chi connectivity index (χ2v) is 6.95. The predicted octanol–water partition coefficient (Wildman–Crippen LogP) is 6.08. The number of rotatable bonds is 3. The fourth-order valence-electron chi connectivity index (χ4n) is 2.87. The van der Waals surface area contributed by atoms with Crippen LogP contribution >= 0.6 is 22.6 Å². The van der Waals surface area contributed by atoms with Gasteiger partial charge in [0.15, 0.2) is 0 Å². The van der Waals surface area contributed by atoms with Crippen molar-refractivity contribution in [2.24, 2.45) is 0 Å². The number of hydrogen-bond donors (Lipinski definition) is 0. The molecule has 0 N–H and O–H groups in total. The molecule has 2 nitrogen and oxygen atoms in total. The highest BCUT2D eigenvalue weighted by atomic mass is 127. The van der Waals surface area contributed by atoms with Gasteiger partial charge in [-0.3, -0.25) is 9.97 Å². The van der Waals surface area contributed by atoms with Crippen molar-refractivity contribution >= 4 is 22.6 Å². The maximum absolute atomic E-state index is 4.65. The molecule has 0 bridgehead atoms. The van der Waals surface area contributed by atoms with Crippen LogP contribution in [0, 0.1) is 3.57 Å². The van der Waals surface area contributed by atoms with Crippen LogP contribution in [0.3, 0.4) is 0 Å². The van der Waals surface area contributed by atoms with Gasteiger partial charge in [-0.2, -0.15) is 0 Å². The van der Waals surface area contributed by atoms with Gasteiger partial charge in [0, 0.05) is 32.7 Å². The Hall–Kier alpha value is -2.53. The Morgan fingerprint density at radius 3 is 2.28 bits per heavy atom. The maximum Gasteiger partial charge on any atom is 0.0781 e. The predicted molar refractivity (Wildman–Crippen MR) is 111 cm³/mol. The van der Waals surface area contributed by atoms with Crippen LogP contribution in [0.15, 0.2) is 91.3 Å². The fourth-order valence-corrected chi connectivity index (χ4v) is 3.41. The molecule has 2 heterocycles. The quantitative estimate of drug-likeness (QED) is 0.365. The SMILES string of the molecule is Ic1cccc(-c2cc(-c3ncccc3-c3ccccc3)ccn2)c1. The molecule has 0 spiro atoms. The normalized spacial score (nSPS) is 10.6. The van der Waals surface area contributed by atoms with Gasteiger partial charge in [-0.25, -0.2) is 0 Å². The molecular weight excluding hydrogens is 419 g/mol. The van der Waals surface area contributed by atoms with Crippen molar-refractivity contribution in [3.05, 3.63) is 94.8 Å². The van der Waals surface area contributed by atoms with Crippen LogP contribution in [0.25, 0.3) is 33.6 Å². The molecule has 0 aliphatic heterocycles.